The monoisotopic (exact) mass is 232 g/mol. The van der Waals surface area contributed by atoms with Crippen LogP contribution >= 0.6 is 0 Å². The molecule has 3 nitrogen and oxygen atoms in total. The Morgan fingerprint density at radius 3 is 2.71 bits per heavy atom. The van der Waals surface area contributed by atoms with E-state index in [1.165, 1.54) is 12.0 Å². The molecule has 1 aromatic rings. The Morgan fingerprint density at radius 1 is 1.41 bits per heavy atom. The molecular weight excluding hydrogens is 212 g/mol. The molecule has 0 saturated heterocycles. The van der Waals surface area contributed by atoms with Crippen LogP contribution in [0.15, 0.2) is 12.1 Å². The molecule has 0 atom stereocenters. The third-order valence-electron chi connectivity index (χ3n) is 3.79. The molecule has 1 aliphatic rings. The smallest absolute Gasteiger partial charge is 0.223 e. The van der Waals surface area contributed by atoms with E-state index < -0.39 is 0 Å². The number of amides is 1. The maximum Gasteiger partial charge on any atom is 0.223 e. The van der Waals surface area contributed by atoms with E-state index >= 15 is 0 Å². The molecule has 3 heteroatoms. The Bertz CT molecular complexity index is 436. The summed E-state index contributed by atoms with van der Waals surface area (Å²) in [6, 6.07) is 3.93. The van der Waals surface area contributed by atoms with Gasteiger partial charge in [-0.25, -0.2) is 0 Å². The molecule has 0 radical (unpaired) electrons. The van der Waals surface area contributed by atoms with Gasteiger partial charge in [0.1, 0.15) is 0 Å². The fourth-order valence-corrected chi connectivity index (χ4v) is 2.17. The van der Waals surface area contributed by atoms with E-state index in [1.54, 1.807) is 0 Å². The number of hydrogen-bond donors (Lipinski definition) is 2. The van der Waals surface area contributed by atoms with Crippen LogP contribution < -0.4 is 11.1 Å². The summed E-state index contributed by atoms with van der Waals surface area (Å²) in [7, 11) is 0. The lowest BCUT2D eigenvalue weighted by Gasteiger charge is -2.24. The first-order valence-electron chi connectivity index (χ1n) is 6.22. The number of carbonyl (C=O) groups is 1. The van der Waals surface area contributed by atoms with Gasteiger partial charge in [0.25, 0.3) is 0 Å². The standard InChI is InChI=1S/C14H20N2O/c1-9-6-7-13(15)10(2)12(9)8-16-14(17)11-4-3-5-11/h6-7,11H,3-5,8,15H2,1-2H3,(H,16,17). The minimum atomic E-state index is 0.192. The summed E-state index contributed by atoms with van der Waals surface area (Å²) in [5, 5.41) is 3.02. The minimum absolute atomic E-state index is 0.192. The number of nitrogen functional groups attached to an aromatic ring is 1. The summed E-state index contributed by atoms with van der Waals surface area (Å²) in [6.45, 7) is 4.66. The first kappa shape index (κ1) is 12.0. The van der Waals surface area contributed by atoms with Crippen molar-refractivity contribution in [1.82, 2.24) is 5.32 Å². The van der Waals surface area contributed by atoms with Crippen LogP contribution in [0.1, 0.15) is 36.0 Å². The lowest BCUT2D eigenvalue weighted by molar-refractivity contribution is -0.127. The molecule has 0 aromatic heterocycles. The quantitative estimate of drug-likeness (QED) is 0.786. The molecule has 1 fully saturated rings. The third kappa shape index (κ3) is 2.43. The molecule has 2 rings (SSSR count). The Morgan fingerprint density at radius 2 is 2.12 bits per heavy atom. The van der Waals surface area contributed by atoms with Crippen molar-refractivity contribution in [1.29, 1.82) is 0 Å². The molecule has 0 spiro atoms. The van der Waals surface area contributed by atoms with Crippen LogP contribution in [0.2, 0.25) is 0 Å². The zero-order valence-electron chi connectivity index (χ0n) is 10.5. The topological polar surface area (TPSA) is 55.1 Å². The fourth-order valence-electron chi connectivity index (χ4n) is 2.17. The predicted molar refractivity (Wildman–Crippen MR) is 69.5 cm³/mol. The second-order valence-electron chi connectivity index (χ2n) is 4.92. The molecule has 1 aromatic carbocycles. The average molecular weight is 232 g/mol. The molecule has 0 aliphatic heterocycles. The van der Waals surface area contributed by atoms with Crippen molar-refractivity contribution in [2.45, 2.75) is 39.7 Å². The highest BCUT2D eigenvalue weighted by Crippen LogP contribution is 2.26. The first-order valence-corrected chi connectivity index (χ1v) is 6.22. The second kappa shape index (κ2) is 4.78. The molecule has 0 heterocycles. The van der Waals surface area contributed by atoms with Crippen LogP contribution in [0.4, 0.5) is 5.69 Å². The zero-order chi connectivity index (χ0) is 12.4. The van der Waals surface area contributed by atoms with Gasteiger partial charge in [-0.3, -0.25) is 4.79 Å². The van der Waals surface area contributed by atoms with Gasteiger partial charge in [0.2, 0.25) is 5.91 Å². The van der Waals surface area contributed by atoms with E-state index in [9.17, 15) is 4.79 Å². The van der Waals surface area contributed by atoms with E-state index in [0.717, 1.165) is 29.7 Å². The summed E-state index contributed by atoms with van der Waals surface area (Å²) in [4.78, 5) is 11.8. The third-order valence-corrected chi connectivity index (χ3v) is 3.79. The maximum absolute atomic E-state index is 11.8. The van der Waals surface area contributed by atoms with E-state index in [2.05, 4.69) is 12.2 Å². The number of nitrogens with two attached hydrogens (primary N) is 1. The zero-order valence-corrected chi connectivity index (χ0v) is 10.5. The lowest BCUT2D eigenvalue weighted by Crippen LogP contribution is -2.34. The highest BCUT2D eigenvalue weighted by Gasteiger charge is 2.24. The van der Waals surface area contributed by atoms with Gasteiger partial charge in [0.05, 0.1) is 0 Å². The summed E-state index contributed by atoms with van der Waals surface area (Å²) in [6.07, 6.45) is 3.27. The van der Waals surface area contributed by atoms with E-state index in [0.29, 0.717) is 6.54 Å². The number of rotatable bonds is 3. The highest BCUT2D eigenvalue weighted by molar-refractivity contribution is 5.79. The summed E-state index contributed by atoms with van der Waals surface area (Å²) in [5.41, 5.74) is 10.1. The minimum Gasteiger partial charge on any atom is -0.399 e. The Kier molecular flexibility index (Phi) is 3.36. The first-order chi connectivity index (χ1) is 8.09. The SMILES string of the molecule is Cc1ccc(N)c(C)c1CNC(=O)C1CCC1. The fraction of sp³-hybridized carbons (Fsp3) is 0.500. The van der Waals surface area contributed by atoms with Crippen molar-refractivity contribution in [2.75, 3.05) is 5.73 Å². The molecule has 0 bridgehead atoms. The van der Waals surface area contributed by atoms with Crippen molar-refractivity contribution in [2.24, 2.45) is 5.92 Å². The number of aryl methyl sites for hydroxylation is 1. The maximum atomic E-state index is 11.8. The molecule has 1 aliphatic carbocycles. The van der Waals surface area contributed by atoms with Crippen molar-refractivity contribution >= 4 is 11.6 Å². The van der Waals surface area contributed by atoms with Gasteiger partial charge in [0.15, 0.2) is 0 Å². The van der Waals surface area contributed by atoms with Crippen molar-refractivity contribution in [3.8, 4) is 0 Å². The van der Waals surface area contributed by atoms with Crippen molar-refractivity contribution < 1.29 is 4.79 Å². The second-order valence-corrected chi connectivity index (χ2v) is 4.92. The summed E-state index contributed by atoms with van der Waals surface area (Å²) >= 11 is 0. The molecule has 3 N–H and O–H groups in total. The molecule has 0 unspecified atom stereocenters. The molecule has 92 valence electrons. The summed E-state index contributed by atoms with van der Waals surface area (Å²) < 4.78 is 0. The van der Waals surface area contributed by atoms with Crippen molar-refractivity contribution in [3.63, 3.8) is 0 Å². The largest absolute Gasteiger partial charge is 0.399 e. The van der Waals surface area contributed by atoms with Gasteiger partial charge in [0, 0.05) is 18.2 Å². The van der Waals surface area contributed by atoms with Crippen LogP contribution in [-0.4, -0.2) is 5.91 Å². The van der Waals surface area contributed by atoms with Gasteiger partial charge < -0.3 is 11.1 Å². The average Bonchev–Trinajstić information content (AvgIpc) is 2.21. The van der Waals surface area contributed by atoms with Gasteiger partial charge in [-0.15, -0.1) is 0 Å². The number of carbonyl (C=O) groups excluding carboxylic acids is 1. The van der Waals surface area contributed by atoms with Crippen LogP contribution in [0.5, 0.6) is 0 Å². The molecular formula is C14H20N2O. The van der Waals surface area contributed by atoms with Crippen LogP contribution in [-0.2, 0) is 11.3 Å². The van der Waals surface area contributed by atoms with Gasteiger partial charge in [-0.2, -0.15) is 0 Å². The van der Waals surface area contributed by atoms with Crippen LogP contribution in [0.25, 0.3) is 0 Å². The van der Waals surface area contributed by atoms with Crippen molar-refractivity contribution in [3.05, 3.63) is 28.8 Å². The van der Waals surface area contributed by atoms with E-state index in [-0.39, 0.29) is 11.8 Å². The molecule has 1 saturated carbocycles. The highest BCUT2D eigenvalue weighted by atomic mass is 16.1. The van der Waals surface area contributed by atoms with E-state index in [1.807, 2.05) is 19.1 Å². The van der Waals surface area contributed by atoms with Gasteiger partial charge in [-0.1, -0.05) is 12.5 Å². The number of benzene rings is 1. The predicted octanol–water partition coefficient (Wildman–Crippen LogP) is 2.30. The number of hydrogen-bond acceptors (Lipinski definition) is 2. The Labute approximate surface area is 102 Å². The van der Waals surface area contributed by atoms with Gasteiger partial charge >= 0.3 is 0 Å². The van der Waals surface area contributed by atoms with Crippen LogP contribution in [0.3, 0.4) is 0 Å². The number of anilines is 1. The van der Waals surface area contributed by atoms with Crippen LogP contribution in [0, 0.1) is 19.8 Å². The normalized spacial score (nSPS) is 15.4. The van der Waals surface area contributed by atoms with Gasteiger partial charge in [-0.05, 0) is 49.4 Å². The molecule has 1 amide bonds. The Balaban J connectivity index is 2.03. The van der Waals surface area contributed by atoms with E-state index in [4.69, 9.17) is 5.73 Å². The Hall–Kier alpha value is -1.51. The lowest BCUT2D eigenvalue weighted by atomic mass is 9.85. The molecule has 17 heavy (non-hydrogen) atoms. The summed E-state index contributed by atoms with van der Waals surface area (Å²) in [5.74, 6) is 0.439. The number of nitrogens with one attached hydrogen (secondary N) is 1.